The number of thioether (sulfide) groups is 1. The van der Waals surface area contributed by atoms with Gasteiger partial charge >= 0.3 is 11.9 Å². The molecule has 13 atom stereocenters. The lowest BCUT2D eigenvalue weighted by molar-refractivity contribution is -0.142. The van der Waals surface area contributed by atoms with E-state index in [-0.39, 0.29) is 115 Å². The Balaban J connectivity index is 2.33. The summed E-state index contributed by atoms with van der Waals surface area (Å²) in [6.07, 6.45) is 2.22. The van der Waals surface area contributed by atoms with Crippen LogP contribution in [0.25, 0.3) is 0 Å². The first-order valence-electron chi connectivity index (χ1n) is 37.3. The van der Waals surface area contributed by atoms with Crippen molar-refractivity contribution in [3.63, 3.8) is 0 Å². The summed E-state index contributed by atoms with van der Waals surface area (Å²) in [5.41, 5.74) is 40.0. The number of likely N-dealkylation sites (tertiary alicyclic amines) is 1. The number of carbonyl (C=O) groups is 16. The van der Waals surface area contributed by atoms with Gasteiger partial charge in [0.2, 0.25) is 82.7 Å². The van der Waals surface area contributed by atoms with Gasteiger partial charge in [0.05, 0.1) is 25.6 Å². The van der Waals surface area contributed by atoms with Crippen LogP contribution in [-0.4, -0.2) is 258 Å². The lowest BCUT2D eigenvalue weighted by atomic mass is 10.0. The topological polar surface area (TPSA) is 680 Å². The van der Waals surface area contributed by atoms with E-state index in [4.69, 9.17) is 40.1 Å². The fourth-order valence-electron chi connectivity index (χ4n) is 11.2. The summed E-state index contributed by atoms with van der Waals surface area (Å²) in [5.74, 6) is -15.9. The van der Waals surface area contributed by atoms with Crippen molar-refractivity contribution >= 4 is 118 Å². The number of rotatable bonds is 53. The quantitative estimate of drug-likeness (QED) is 0.0164. The zero-order valence-corrected chi connectivity index (χ0v) is 65.8. The number of nitrogens with two attached hydrogens (primary N) is 7. The number of carboxylic acids is 2. The molecule has 14 amide bonds. The molecule has 41 nitrogen and oxygen atoms in total. The number of benzene rings is 1. The minimum absolute atomic E-state index is 0.0217. The highest BCUT2D eigenvalue weighted by Gasteiger charge is 2.40. The van der Waals surface area contributed by atoms with Gasteiger partial charge in [0, 0.05) is 26.1 Å². The number of amides is 14. The van der Waals surface area contributed by atoms with Gasteiger partial charge < -0.3 is 124 Å². The van der Waals surface area contributed by atoms with E-state index in [1.54, 1.807) is 64.3 Å². The van der Waals surface area contributed by atoms with E-state index in [1.165, 1.54) is 37.4 Å². The smallest absolute Gasteiger partial charge is 0.326 e. The minimum atomic E-state index is -1.95. The van der Waals surface area contributed by atoms with E-state index in [9.17, 15) is 86.9 Å². The second-order valence-corrected chi connectivity index (χ2v) is 28.7. The van der Waals surface area contributed by atoms with Gasteiger partial charge in [0.1, 0.15) is 72.5 Å². The van der Waals surface area contributed by atoms with Crippen LogP contribution in [0, 0.1) is 11.8 Å². The summed E-state index contributed by atoms with van der Waals surface area (Å²) in [4.78, 5) is 226. The first kappa shape index (κ1) is 97.6. The standard InChI is InChI=1S/C70H119N23O18S/c1-37(2)54(73)65(107)83-40(6)57(99)92-55(38(3)4)66(108)90-44(22-13-15-28-72)60(102)84-41(7)67(109)93-31-18-25-50(93)64(106)81-36-52(95)85-48(33-42-19-10-9-11-20-42)58(100)80-35-51(94)86-49(34-53(96)97)63(105)89-46(24-17-30-79-70(76)77)62(104)88-45(23-16-29-78-69(74)75)61(103)87-43(21-12-14-27-71)59(101)82-39(5)56(98)91-47(68(110)111)26-32-112-8/h9-11,19-20,37-41,43-50,54-55H,12-18,21-36,71-73H2,1-8H3,(H,80,100)(H,81,106)(H,82,101)(H,83,107)(H,84,102)(H,85,95)(H,86,94)(H,87,103)(H,88,104)(H,89,105)(H,90,108)(H,91,98)(H,92,99)(H,96,97)(H,110,111)(H4,74,75,78)(H4,76,77,79)/t39-,40-,41-,43-,44-,45-,46-,47-,48-,49-,50-,54-,55-/m0/s1. The summed E-state index contributed by atoms with van der Waals surface area (Å²) in [7, 11) is 0. The van der Waals surface area contributed by atoms with E-state index in [0.29, 0.717) is 37.0 Å². The maximum Gasteiger partial charge on any atom is 0.326 e. The monoisotopic (exact) mass is 1600 g/mol. The first-order chi connectivity index (χ1) is 52.8. The molecule has 0 aromatic heterocycles. The molecule has 1 aromatic rings. The van der Waals surface area contributed by atoms with Gasteiger partial charge in [-0.15, -0.1) is 0 Å². The van der Waals surface area contributed by atoms with Crippen LogP contribution in [0.5, 0.6) is 0 Å². The molecule has 0 radical (unpaired) electrons. The molecule has 0 spiro atoms. The van der Waals surface area contributed by atoms with Crippen LogP contribution in [0.2, 0.25) is 0 Å². The fraction of sp³-hybridized carbons (Fsp3) is 0.657. The summed E-state index contributed by atoms with van der Waals surface area (Å²) >= 11 is 1.36. The second kappa shape index (κ2) is 51.9. The van der Waals surface area contributed by atoms with Gasteiger partial charge in [0.15, 0.2) is 11.9 Å². The first-order valence-corrected chi connectivity index (χ1v) is 38.7. The maximum absolute atomic E-state index is 14.4. The lowest BCUT2D eigenvalue weighted by Gasteiger charge is -2.29. The molecule has 112 heavy (non-hydrogen) atoms. The van der Waals surface area contributed by atoms with Crippen LogP contribution in [-0.2, 0) is 83.1 Å². The predicted octanol–water partition coefficient (Wildman–Crippen LogP) is -6.84. The van der Waals surface area contributed by atoms with Gasteiger partial charge in [-0.25, -0.2) is 4.79 Å². The highest BCUT2D eigenvalue weighted by Crippen LogP contribution is 2.20. The van der Waals surface area contributed by atoms with E-state index >= 15 is 0 Å². The average Bonchev–Trinajstić information content (AvgIpc) is 1.64. The van der Waals surface area contributed by atoms with E-state index in [2.05, 4.69) is 79.1 Å². The number of guanidine groups is 2. The highest BCUT2D eigenvalue weighted by molar-refractivity contribution is 7.98. The van der Waals surface area contributed by atoms with Crippen molar-refractivity contribution in [3.8, 4) is 0 Å². The molecule has 0 aliphatic carbocycles. The average molecular weight is 1600 g/mol. The molecule has 0 saturated carbocycles. The van der Waals surface area contributed by atoms with Gasteiger partial charge in [-0.05, 0) is 147 Å². The second-order valence-electron chi connectivity index (χ2n) is 27.7. The molecule has 29 N–H and O–H groups in total. The minimum Gasteiger partial charge on any atom is -0.481 e. The molecule has 1 aromatic carbocycles. The SMILES string of the molecule is CSCC[C@H](NC(=O)[C@H](C)NC(=O)[C@H](CCCCN)NC(=O)[C@H](CCCN=C(N)N)NC(=O)[C@H](CCCN=C(N)N)NC(=O)[C@H](CC(=O)O)NC(=O)CNC(=O)[C@H](Cc1ccccc1)NC(=O)CNC(=O)[C@@H]1CCCN1C(=O)[C@H](C)NC(=O)[C@H](CCCCN)NC(=O)[C@@H](NC(=O)[C@H](C)NC(=O)[C@@H](N)C(C)C)C(C)C)C(=O)O. The molecule has 628 valence electrons. The van der Waals surface area contributed by atoms with Crippen LogP contribution >= 0.6 is 11.8 Å². The van der Waals surface area contributed by atoms with Crippen molar-refractivity contribution < 1.29 is 86.9 Å². The molecule has 1 aliphatic heterocycles. The summed E-state index contributed by atoms with van der Waals surface area (Å²) in [5, 5.41) is 52.2. The van der Waals surface area contributed by atoms with Crippen molar-refractivity contribution in [3.05, 3.63) is 35.9 Å². The summed E-state index contributed by atoms with van der Waals surface area (Å²) in [6, 6.07) is -8.93. The lowest BCUT2D eigenvalue weighted by Crippen LogP contribution is -2.60. The van der Waals surface area contributed by atoms with Gasteiger partial charge in [-0.2, -0.15) is 11.8 Å². The molecular weight excluding hydrogens is 1480 g/mol. The molecule has 1 heterocycles. The molecule has 2 rings (SSSR count). The van der Waals surface area contributed by atoms with Crippen molar-refractivity contribution in [1.82, 2.24) is 74.0 Å². The van der Waals surface area contributed by atoms with Crippen LogP contribution in [0.1, 0.15) is 144 Å². The maximum atomic E-state index is 14.4. The molecule has 1 aliphatic rings. The Morgan fingerprint density at radius 3 is 1.38 bits per heavy atom. The number of hydrogen-bond donors (Lipinski definition) is 22. The number of aliphatic imine (C=N–C) groups is 2. The number of carbonyl (C=O) groups excluding carboxylic acids is 14. The Morgan fingerprint density at radius 2 is 0.920 bits per heavy atom. The van der Waals surface area contributed by atoms with Gasteiger partial charge in [-0.1, -0.05) is 58.0 Å². The number of aliphatic carboxylic acids is 2. The molecule has 0 bridgehead atoms. The van der Waals surface area contributed by atoms with Gasteiger partial charge in [0.25, 0.3) is 0 Å². The largest absolute Gasteiger partial charge is 0.481 e. The predicted molar refractivity (Wildman–Crippen MR) is 415 cm³/mol. The number of nitrogens with one attached hydrogen (secondary N) is 13. The van der Waals surface area contributed by atoms with Crippen molar-refractivity contribution in [2.75, 3.05) is 57.8 Å². The third kappa shape index (κ3) is 37.0. The zero-order chi connectivity index (χ0) is 84.3. The third-order valence-corrected chi connectivity index (χ3v) is 18.3. The molecule has 1 fully saturated rings. The number of carboxylic acid groups (broad SMARTS) is 2. The molecule has 42 heteroatoms. The van der Waals surface area contributed by atoms with Crippen LogP contribution < -0.4 is 109 Å². The Bertz CT molecular complexity index is 3380. The Kier molecular flexibility index (Phi) is 45.2. The molecule has 0 unspecified atom stereocenters. The van der Waals surface area contributed by atoms with Crippen molar-refractivity contribution in [2.24, 2.45) is 62.0 Å². The Labute approximate surface area is 655 Å². The molecule has 1 saturated heterocycles. The zero-order valence-electron chi connectivity index (χ0n) is 65.0. The fourth-order valence-corrected chi connectivity index (χ4v) is 11.7. The van der Waals surface area contributed by atoms with Crippen LogP contribution in [0.4, 0.5) is 0 Å². The third-order valence-electron chi connectivity index (χ3n) is 17.7. The van der Waals surface area contributed by atoms with Gasteiger partial charge in [-0.3, -0.25) is 81.9 Å². The van der Waals surface area contributed by atoms with E-state index in [0.717, 1.165) is 0 Å². The normalized spacial score (nSPS) is 15.6. The highest BCUT2D eigenvalue weighted by atomic mass is 32.2. The van der Waals surface area contributed by atoms with Crippen molar-refractivity contribution in [1.29, 1.82) is 0 Å². The number of nitrogens with zero attached hydrogens (tertiary/aromatic N) is 3. The van der Waals surface area contributed by atoms with Crippen molar-refractivity contribution in [2.45, 2.75) is 223 Å². The Hall–Kier alpha value is -10.5. The number of hydrogen-bond acceptors (Lipinski definition) is 22. The summed E-state index contributed by atoms with van der Waals surface area (Å²) < 4.78 is 0. The Morgan fingerprint density at radius 1 is 0.482 bits per heavy atom. The summed E-state index contributed by atoms with van der Waals surface area (Å²) in [6.45, 7) is 9.68. The van der Waals surface area contributed by atoms with E-state index in [1.807, 2.05) is 0 Å². The van der Waals surface area contributed by atoms with Crippen LogP contribution in [0.15, 0.2) is 40.3 Å². The number of unbranched alkanes of at least 4 members (excludes halogenated alkanes) is 2. The van der Waals surface area contributed by atoms with Crippen LogP contribution in [0.3, 0.4) is 0 Å². The molecular formula is C70H119N23O18S. The van der Waals surface area contributed by atoms with E-state index < -0.39 is 199 Å².